The van der Waals surface area contributed by atoms with Crippen LogP contribution >= 0.6 is 0 Å². The first-order valence-corrected chi connectivity index (χ1v) is 11.6. The highest BCUT2D eigenvalue weighted by atomic mass is 16.6. The second-order valence-electron chi connectivity index (χ2n) is 10.3. The van der Waals surface area contributed by atoms with Crippen LogP contribution in [0.25, 0.3) is 0 Å². The molecule has 0 unspecified atom stereocenters. The van der Waals surface area contributed by atoms with Crippen LogP contribution in [0, 0.1) is 11.8 Å². The highest BCUT2D eigenvalue weighted by molar-refractivity contribution is 6.02. The van der Waals surface area contributed by atoms with E-state index in [0.29, 0.717) is 36.7 Å². The topological polar surface area (TPSA) is 87.7 Å². The molecular formula is C25H33N5O3. The third-order valence-corrected chi connectivity index (χ3v) is 6.13. The van der Waals surface area contributed by atoms with Crippen LogP contribution in [0.3, 0.4) is 0 Å². The summed E-state index contributed by atoms with van der Waals surface area (Å²) in [7, 11) is 0. The van der Waals surface area contributed by atoms with Gasteiger partial charge in [0.25, 0.3) is 5.91 Å². The second-order valence-corrected chi connectivity index (χ2v) is 10.3. The summed E-state index contributed by atoms with van der Waals surface area (Å²) in [6.45, 7) is 12.8. The van der Waals surface area contributed by atoms with E-state index >= 15 is 0 Å². The van der Waals surface area contributed by atoms with Crippen molar-refractivity contribution in [1.29, 1.82) is 0 Å². The third kappa shape index (κ3) is 5.43. The van der Waals surface area contributed by atoms with E-state index in [4.69, 9.17) is 4.74 Å². The lowest BCUT2D eigenvalue weighted by molar-refractivity contribution is 0.0282. The van der Waals surface area contributed by atoms with Gasteiger partial charge in [0.15, 0.2) is 0 Å². The summed E-state index contributed by atoms with van der Waals surface area (Å²) in [5.41, 5.74) is 1.70. The maximum atomic E-state index is 12.8. The summed E-state index contributed by atoms with van der Waals surface area (Å²) in [5.74, 6) is 1.51. The van der Waals surface area contributed by atoms with Crippen LogP contribution < -0.4 is 10.2 Å². The van der Waals surface area contributed by atoms with Crippen molar-refractivity contribution in [1.82, 2.24) is 14.9 Å². The van der Waals surface area contributed by atoms with Crippen molar-refractivity contribution in [2.75, 3.05) is 36.4 Å². The molecule has 2 fully saturated rings. The molecule has 0 saturated carbocycles. The zero-order valence-electron chi connectivity index (χ0n) is 20.0. The Kier molecular flexibility index (Phi) is 6.28. The number of hydrogen-bond acceptors (Lipinski definition) is 6. The molecular weight excluding hydrogens is 418 g/mol. The Morgan fingerprint density at radius 3 is 2.42 bits per heavy atom. The van der Waals surface area contributed by atoms with Crippen LogP contribution in [0.15, 0.2) is 36.7 Å². The van der Waals surface area contributed by atoms with Crippen LogP contribution in [0.2, 0.25) is 0 Å². The van der Waals surface area contributed by atoms with Crippen molar-refractivity contribution in [2.24, 2.45) is 11.8 Å². The van der Waals surface area contributed by atoms with Crippen LogP contribution in [0.5, 0.6) is 0 Å². The van der Waals surface area contributed by atoms with Gasteiger partial charge in [-0.05, 0) is 44.4 Å². The van der Waals surface area contributed by atoms with Crippen molar-refractivity contribution < 1.29 is 14.3 Å². The number of nitrogens with zero attached hydrogens (tertiary/aromatic N) is 4. The van der Waals surface area contributed by atoms with E-state index in [1.807, 2.05) is 39.0 Å². The van der Waals surface area contributed by atoms with Gasteiger partial charge in [0.1, 0.15) is 17.1 Å². The van der Waals surface area contributed by atoms with Gasteiger partial charge < -0.3 is 19.9 Å². The number of amides is 2. The molecule has 1 aromatic heterocycles. The second kappa shape index (κ2) is 9.00. The van der Waals surface area contributed by atoms with Gasteiger partial charge in [-0.1, -0.05) is 26.0 Å². The minimum absolute atomic E-state index is 0.247. The van der Waals surface area contributed by atoms with Crippen LogP contribution in [-0.2, 0) is 4.74 Å². The van der Waals surface area contributed by atoms with Crippen LogP contribution in [-0.4, -0.2) is 58.6 Å². The molecule has 33 heavy (non-hydrogen) atoms. The summed E-state index contributed by atoms with van der Waals surface area (Å²) >= 11 is 0. The lowest BCUT2D eigenvalue weighted by atomic mass is 10.0. The van der Waals surface area contributed by atoms with Gasteiger partial charge >= 0.3 is 6.09 Å². The van der Waals surface area contributed by atoms with E-state index in [0.717, 1.165) is 24.3 Å². The smallest absolute Gasteiger partial charge is 0.410 e. The number of nitrogens with one attached hydrogen (secondary N) is 1. The van der Waals surface area contributed by atoms with Gasteiger partial charge in [0.2, 0.25) is 0 Å². The van der Waals surface area contributed by atoms with E-state index in [9.17, 15) is 9.59 Å². The van der Waals surface area contributed by atoms with Gasteiger partial charge in [0, 0.05) is 43.7 Å². The van der Waals surface area contributed by atoms with E-state index in [1.54, 1.807) is 11.1 Å². The molecule has 0 bridgehead atoms. The highest BCUT2D eigenvalue weighted by Gasteiger charge is 2.43. The zero-order chi connectivity index (χ0) is 23.8. The summed E-state index contributed by atoms with van der Waals surface area (Å²) in [6, 6.07) is 7.85. The number of hydrogen-bond donors (Lipinski definition) is 1. The largest absolute Gasteiger partial charge is 0.444 e. The van der Waals surface area contributed by atoms with Gasteiger partial charge in [-0.15, -0.1) is 0 Å². The van der Waals surface area contributed by atoms with Crippen molar-refractivity contribution in [2.45, 2.75) is 46.1 Å². The average molecular weight is 452 g/mol. The maximum Gasteiger partial charge on any atom is 0.410 e. The molecule has 0 radical (unpaired) electrons. The van der Waals surface area contributed by atoms with E-state index in [1.165, 1.54) is 6.20 Å². The van der Waals surface area contributed by atoms with Gasteiger partial charge in [-0.3, -0.25) is 9.78 Å². The first-order valence-electron chi connectivity index (χ1n) is 11.6. The van der Waals surface area contributed by atoms with Crippen LogP contribution in [0.1, 0.15) is 56.6 Å². The number of carbonyl (C=O) groups is 2. The molecule has 2 aliphatic heterocycles. The SMILES string of the molecule is CC(C)c1cccc(NC(=O)c2cncc(N3C[C@H]4CN(C(=O)OC(C)(C)C)C[C@H]4C3)n2)c1. The molecule has 1 aromatic carbocycles. The van der Waals surface area contributed by atoms with Gasteiger partial charge in [0.05, 0.1) is 12.4 Å². The molecule has 2 aliphatic rings. The minimum Gasteiger partial charge on any atom is -0.444 e. The molecule has 2 atom stereocenters. The van der Waals surface area contributed by atoms with Gasteiger partial charge in [-0.2, -0.15) is 0 Å². The first kappa shape index (κ1) is 23.0. The van der Waals surface area contributed by atoms with Gasteiger partial charge in [-0.25, -0.2) is 9.78 Å². The molecule has 2 aromatic rings. The molecule has 8 heteroatoms. The minimum atomic E-state index is -0.493. The summed E-state index contributed by atoms with van der Waals surface area (Å²) in [6.07, 6.45) is 2.94. The number of fused-ring (bicyclic) bond motifs is 1. The molecule has 2 amide bonds. The Morgan fingerprint density at radius 2 is 1.79 bits per heavy atom. The molecule has 0 spiro atoms. The molecule has 4 rings (SSSR count). The van der Waals surface area contributed by atoms with Crippen molar-refractivity contribution in [3.8, 4) is 0 Å². The Balaban J connectivity index is 1.38. The number of benzene rings is 1. The summed E-state index contributed by atoms with van der Waals surface area (Å²) in [5, 5.41) is 2.93. The molecule has 8 nitrogen and oxygen atoms in total. The normalized spacial score (nSPS) is 20.2. The Bertz CT molecular complexity index is 1020. The summed E-state index contributed by atoms with van der Waals surface area (Å²) < 4.78 is 5.52. The van der Waals surface area contributed by atoms with Crippen molar-refractivity contribution >= 4 is 23.5 Å². The number of likely N-dealkylation sites (tertiary alicyclic amines) is 1. The highest BCUT2D eigenvalue weighted by Crippen LogP contribution is 2.34. The Morgan fingerprint density at radius 1 is 1.09 bits per heavy atom. The number of carbonyl (C=O) groups excluding carboxylic acids is 2. The Labute approximate surface area is 195 Å². The number of rotatable bonds is 4. The molecule has 176 valence electrons. The predicted octanol–water partition coefficient (Wildman–Crippen LogP) is 4.16. The fraction of sp³-hybridized carbons (Fsp3) is 0.520. The molecule has 0 aliphatic carbocycles. The van der Waals surface area contributed by atoms with Crippen molar-refractivity contribution in [3.63, 3.8) is 0 Å². The predicted molar refractivity (Wildman–Crippen MR) is 128 cm³/mol. The zero-order valence-corrected chi connectivity index (χ0v) is 20.0. The van der Waals surface area contributed by atoms with E-state index < -0.39 is 5.60 Å². The lowest BCUT2D eigenvalue weighted by Gasteiger charge is -2.26. The monoisotopic (exact) mass is 451 g/mol. The average Bonchev–Trinajstić information content (AvgIpc) is 3.32. The maximum absolute atomic E-state index is 12.8. The molecule has 3 heterocycles. The molecule has 2 saturated heterocycles. The standard InChI is InChI=1S/C25H33N5O3/c1-16(2)17-7-6-8-20(9-17)27-23(31)21-10-26-11-22(28-21)29-12-18-14-30(15-19(18)13-29)24(32)33-25(3,4)5/h6-11,16,18-19H,12-15H2,1-5H3,(H,27,31)/t18-,19+. The summed E-state index contributed by atoms with van der Waals surface area (Å²) in [4.78, 5) is 38.0. The molecule has 1 N–H and O–H groups in total. The quantitative estimate of drug-likeness (QED) is 0.751. The fourth-order valence-electron chi connectivity index (χ4n) is 4.44. The van der Waals surface area contributed by atoms with Crippen LogP contribution in [0.4, 0.5) is 16.3 Å². The Hall–Kier alpha value is -3.16. The number of ether oxygens (including phenoxy) is 1. The van der Waals surface area contributed by atoms with E-state index in [-0.39, 0.29) is 17.7 Å². The number of aromatic nitrogens is 2. The third-order valence-electron chi connectivity index (χ3n) is 6.13. The van der Waals surface area contributed by atoms with Crippen molar-refractivity contribution in [3.05, 3.63) is 47.9 Å². The lowest BCUT2D eigenvalue weighted by Crippen LogP contribution is -2.37. The number of anilines is 2. The first-order chi connectivity index (χ1) is 15.6. The van der Waals surface area contributed by atoms with E-state index in [2.05, 4.69) is 40.1 Å². The fourth-order valence-corrected chi connectivity index (χ4v) is 4.44.